The summed E-state index contributed by atoms with van der Waals surface area (Å²) in [6.07, 6.45) is 1.80. The fraction of sp³-hybridized carbons (Fsp3) is 0.188. The Morgan fingerprint density at radius 2 is 2.05 bits per heavy atom. The highest BCUT2D eigenvalue weighted by molar-refractivity contribution is 5.74. The molecular weight excluding hydrogens is 253 g/mol. The van der Waals surface area contributed by atoms with Gasteiger partial charge in [0.05, 0.1) is 17.4 Å². The maximum absolute atomic E-state index is 13.1. The van der Waals surface area contributed by atoms with Gasteiger partial charge >= 0.3 is 0 Å². The number of hydrogen-bond acceptors (Lipinski definition) is 2. The Morgan fingerprint density at radius 3 is 2.85 bits per heavy atom. The van der Waals surface area contributed by atoms with Crippen LogP contribution in [0.4, 0.5) is 4.39 Å². The fourth-order valence-electron chi connectivity index (χ4n) is 2.52. The molecule has 0 aliphatic heterocycles. The van der Waals surface area contributed by atoms with Crippen LogP contribution >= 0.6 is 0 Å². The third kappa shape index (κ3) is 2.30. The first kappa shape index (κ1) is 12.8. The second-order valence-corrected chi connectivity index (χ2v) is 4.99. The Morgan fingerprint density at radius 1 is 1.25 bits per heavy atom. The summed E-state index contributed by atoms with van der Waals surface area (Å²) < 4.78 is 15.2. The van der Waals surface area contributed by atoms with Crippen LogP contribution in [0.2, 0.25) is 0 Å². The van der Waals surface area contributed by atoms with E-state index in [1.807, 2.05) is 35.8 Å². The lowest BCUT2D eigenvalue weighted by molar-refractivity contribution is 0.580. The number of aromatic nitrogens is 2. The number of benzene rings is 2. The van der Waals surface area contributed by atoms with Crippen LogP contribution in [0.15, 0.2) is 48.8 Å². The Balaban J connectivity index is 1.90. The van der Waals surface area contributed by atoms with Crippen molar-refractivity contribution < 1.29 is 4.39 Å². The molecule has 2 aromatic carbocycles. The minimum absolute atomic E-state index is 0.187. The summed E-state index contributed by atoms with van der Waals surface area (Å²) in [7, 11) is 0. The predicted octanol–water partition coefficient (Wildman–Crippen LogP) is 3.18. The SMILES string of the molecule is Cc1cc(F)ccc1C(N)Cn1cnc2ccccc21. The Kier molecular flexibility index (Phi) is 3.24. The highest BCUT2D eigenvalue weighted by Gasteiger charge is 2.12. The first-order valence-corrected chi connectivity index (χ1v) is 6.56. The Hall–Kier alpha value is -2.20. The lowest BCUT2D eigenvalue weighted by Crippen LogP contribution is -2.18. The van der Waals surface area contributed by atoms with E-state index in [2.05, 4.69) is 4.98 Å². The zero-order valence-corrected chi connectivity index (χ0v) is 11.3. The molecule has 0 amide bonds. The molecule has 0 saturated carbocycles. The van der Waals surface area contributed by atoms with Gasteiger partial charge in [-0.1, -0.05) is 18.2 Å². The van der Waals surface area contributed by atoms with Gasteiger partial charge in [-0.05, 0) is 42.3 Å². The summed E-state index contributed by atoms with van der Waals surface area (Å²) in [5.74, 6) is -0.230. The van der Waals surface area contributed by atoms with E-state index >= 15 is 0 Å². The molecule has 3 aromatic rings. The summed E-state index contributed by atoms with van der Waals surface area (Å²) in [6.45, 7) is 2.50. The van der Waals surface area contributed by atoms with E-state index in [9.17, 15) is 4.39 Å². The average Bonchev–Trinajstić information content (AvgIpc) is 2.82. The van der Waals surface area contributed by atoms with Crippen molar-refractivity contribution in [2.24, 2.45) is 5.73 Å². The minimum atomic E-state index is -0.230. The van der Waals surface area contributed by atoms with E-state index in [0.29, 0.717) is 6.54 Å². The van der Waals surface area contributed by atoms with E-state index in [1.165, 1.54) is 12.1 Å². The van der Waals surface area contributed by atoms with Gasteiger partial charge in [0.2, 0.25) is 0 Å². The van der Waals surface area contributed by atoms with Crippen LogP contribution in [0, 0.1) is 12.7 Å². The number of nitrogens with zero attached hydrogens (tertiary/aromatic N) is 2. The number of imidazole rings is 1. The lowest BCUT2D eigenvalue weighted by Gasteiger charge is -2.16. The maximum atomic E-state index is 13.1. The van der Waals surface area contributed by atoms with Crippen molar-refractivity contribution in [1.82, 2.24) is 9.55 Å². The third-order valence-corrected chi connectivity index (χ3v) is 3.55. The molecule has 1 heterocycles. The van der Waals surface area contributed by atoms with E-state index in [4.69, 9.17) is 5.73 Å². The summed E-state index contributed by atoms with van der Waals surface area (Å²) >= 11 is 0. The summed E-state index contributed by atoms with van der Waals surface area (Å²) in [4.78, 5) is 4.35. The van der Waals surface area contributed by atoms with Crippen molar-refractivity contribution in [3.8, 4) is 0 Å². The van der Waals surface area contributed by atoms with Gasteiger partial charge < -0.3 is 10.3 Å². The molecular formula is C16H16FN3. The van der Waals surface area contributed by atoms with Crippen LogP contribution in [0.1, 0.15) is 17.2 Å². The first-order valence-electron chi connectivity index (χ1n) is 6.56. The minimum Gasteiger partial charge on any atom is -0.329 e. The number of fused-ring (bicyclic) bond motifs is 1. The molecule has 0 saturated heterocycles. The van der Waals surface area contributed by atoms with Crippen LogP contribution in [0.25, 0.3) is 11.0 Å². The zero-order chi connectivity index (χ0) is 14.1. The van der Waals surface area contributed by atoms with Crippen LogP contribution in [-0.2, 0) is 6.54 Å². The second kappa shape index (κ2) is 5.06. The van der Waals surface area contributed by atoms with Crippen molar-refractivity contribution in [1.29, 1.82) is 0 Å². The van der Waals surface area contributed by atoms with Gasteiger partial charge in [-0.15, -0.1) is 0 Å². The van der Waals surface area contributed by atoms with Gasteiger partial charge in [-0.25, -0.2) is 9.37 Å². The van der Waals surface area contributed by atoms with Crippen molar-refractivity contribution in [2.75, 3.05) is 0 Å². The fourth-order valence-corrected chi connectivity index (χ4v) is 2.52. The van der Waals surface area contributed by atoms with Crippen molar-refractivity contribution in [3.63, 3.8) is 0 Å². The maximum Gasteiger partial charge on any atom is 0.123 e. The van der Waals surface area contributed by atoms with E-state index in [1.54, 1.807) is 12.4 Å². The molecule has 3 rings (SSSR count). The number of halogens is 1. The molecule has 0 aliphatic carbocycles. The van der Waals surface area contributed by atoms with Gasteiger partial charge in [0.15, 0.2) is 0 Å². The Labute approximate surface area is 116 Å². The van der Waals surface area contributed by atoms with E-state index in [0.717, 1.165) is 22.2 Å². The summed E-state index contributed by atoms with van der Waals surface area (Å²) in [5, 5.41) is 0. The number of para-hydroxylation sites is 2. The number of rotatable bonds is 3. The quantitative estimate of drug-likeness (QED) is 0.793. The van der Waals surface area contributed by atoms with Crippen molar-refractivity contribution in [2.45, 2.75) is 19.5 Å². The molecule has 4 heteroatoms. The normalized spacial score (nSPS) is 12.8. The molecule has 1 aromatic heterocycles. The molecule has 3 nitrogen and oxygen atoms in total. The predicted molar refractivity (Wildman–Crippen MR) is 77.8 cm³/mol. The molecule has 0 radical (unpaired) electrons. The van der Waals surface area contributed by atoms with Crippen LogP contribution in [-0.4, -0.2) is 9.55 Å². The monoisotopic (exact) mass is 269 g/mol. The van der Waals surface area contributed by atoms with Crippen LogP contribution < -0.4 is 5.73 Å². The largest absolute Gasteiger partial charge is 0.329 e. The molecule has 0 aliphatic rings. The standard InChI is InChI=1S/C16H16FN3/c1-11-8-12(17)6-7-13(11)14(18)9-20-10-19-15-4-2-3-5-16(15)20/h2-8,10,14H,9,18H2,1H3. The molecule has 1 atom stereocenters. The molecule has 1 unspecified atom stereocenters. The third-order valence-electron chi connectivity index (χ3n) is 3.55. The van der Waals surface area contributed by atoms with Gasteiger partial charge in [0.1, 0.15) is 5.82 Å². The van der Waals surface area contributed by atoms with Crippen molar-refractivity contribution in [3.05, 3.63) is 65.7 Å². The number of nitrogens with two attached hydrogens (primary N) is 1. The highest BCUT2D eigenvalue weighted by atomic mass is 19.1. The second-order valence-electron chi connectivity index (χ2n) is 4.99. The van der Waals surface area contributed by atoms with Gasteiger partial charge in [0.25, 0.3) is 0 Å². The molecule has 0 spiro atoms. The van der Waals surface area contributed by atoms with E-state index < -0.39 is 0 Å². The summed E-state index contributed by atoms with van der Waals surface area (Å²) in [6, 6.07) is 12.5. The Bertz CT molecular complexity index is 748. The zero-order valence-electron chi connectivity index (χ0n) is 11.3. The molecule has 102 valence electrons. The van der Waals surface area contributed by atoms with Crippen LogP contribution in [0.5, 0.6) is 0 Å². The van der Waals surface area contributed by atoms with Crippen LogP contribution in [0.3, 0.4) is 0 Å². The first-order chi connectivity index (χ1) is 9.65. The molecule has 0 fully saturated rings. The number of hydrogen-bond donors (Lipinski definition) is 1. The average molecular weight is 269 g/mol. The smallest absolute Gasteiger partial charge is 0.123 e. The molecule has 2 N–H and O–H groups in total. The van der Waals surface area contributed by atoms with Crippen molar-refractivity contribution >= 4 is 11.0 Å². The van der Waals surface area contributed by atoms with E-state index in [-0.39, 0.29) is 11.9 Å². The lowest BCUT2D eigenvalue weighted by atomic mass is 10.0. The highest BCUT2D eigenvalue weighted by Crippen LogP contribution is 2.20. The topological polar surface area (TPSA) is 43.8 Å². The van der Waals surface area contributed by atoms with Gasteiger partial charge in [-0.3, -0.25) is 0 Å². The molecule has 0 bridgehead atoms. The summed E-state index contributed by atoms with van der Waals surface area (Å²) in [5.41, 5.74) is 10.1. The van der Waals surface area contributed by atoms with Gasteiger partial charge in [-0.2, -0.15) is 0 Å². The number of aryl methyl sites for hydroxylation is 1. The van der Waals surface area contributed by atoms with Gasteiger partial charge in [0, 0.05) is 12.6 Å². The molecule has 20 heavy (non-hydrogen) atoms.